The summed E-state index contributed by atoms with van der Waals surface area (Å²) >= 11 is 0. The number of amides is 1. The molecule has 0 bridgehead atoms. The second kappa shape index (κ2) is 7.36. The molecular weight excluding hydrogens is 362 g/mol. The zero-order valence-electron chi connectivity index (χ0n) is 15.1. The molecule has 3 N–H and O–H groups in total. The van der Waals surface area contributed by atoms with E-state index in [0.717, 1.165) is 16.3 Å². The Morgan fingerprint density at radius 1 is 1.04 bits per heavy atom. The van der Waals surface area contributed by atoms with Gasteiger partial charge in [0.1, 0.15) is 0 Å². The molecule has 0 spiro atoms. The predicted octanol–water partition coefficient (Wildman–Crippen LogP) is 2.51. The van der Waals surface area contributed by atoms with Crippen LogP contribution in [0, 0.1) is 13.8 Å². The number of anilines is 1. The third kappa shape index (κ3) is 3.75. The zero-order chi connectivity index (χ0) is 20.4. The number of rotatable bonds is 4. The first-order valence-electron chi connectivity index (χ1n) is 8.32. The first-order valence-corrected chi connectivity index (χ1v) is 8.32. The highest BCUT2D eigenvalue weighted by Crippen LogP contribution is 2.20. The van der Waals surface area contributed by atoms with Crippen molar-refractivity contribution in [1.82, 2.24) is 9.78 Å². The van der Waals surface area contributed by atoms with E-state index in [1.165, 1.54) is 12.1 Å². The number of carboxylic acid groups (broad SMARTS) is 1. The molecular formula is C20H17N3O5. The number of aryl methyl sites for hydroxylation is 2. The Bertz CT molecular complexity index is 1150. The Hall–Kier alpha value is -3.94. The molecule has 0 unspecified atom stereocenters. The van der Waals surface area contributed by atoms with Crippen molar-refractivity contribution in [2.75, 3.05) is 5.32 Å². The van der Waals surface area contributed by atoms with E-state index in [0.29, 0.717) is 11.3 Å². The molecule has 0 aliphatic carbocycles. The summed E-state index contributed by atoms with van der Waals surface area (Å²) in [4.78, 5) is 36.2. The molecule has 0 atom stereocenters. The summed E-state index contributed by atoms with van der Waals surface area (Å²) in [5.41, 5.74) is 0.970. The largest absolute Gasteiger partial charge is 0.505 e. The number of hydrogen-bond donors (Lipinski definition) is 3. The summed E-state index contributed by atoms with van der Waals surface area (Å²) in [5, 5.41) is 25.8. The van der Waals surface area contributed by atoms with Crippen molar-refractivity contribution >= 4 is 17.6 Å². The fourth-order valence-corrected chi connectivity index (χ4v) is 2.68. The van der Waals surface area contributed by atoms with Gasteiger partial charge in [-0.1, -0.05) is 23.8 Å². The van der Waals surface area contributed by atoms with Gasteiger partial charge in [-0.05, 0) is 43.7 Å². The third-order valence-electron chi connectivity index (χ3n) is 4.03. The van der Waals surface area contributed by atoms with Crippen LogP contribution in [0.25, 0.3) is 5.69 Å². The van der Waals surface area contributed by atoms with Gasteiger partial charge in [-0.2, -0.15) is 9.78 Å². The average Bonchev–Trinajstić information content (AvgIpc) is 2.63. The summed E-state index contributed by atoms with van der Waals surface area (Å²) < 4.78 is 0.995. The van der Waals surface area contributed by atoms with Crippen LogP contribution in [-0.2, 0) is 0 Å². The highest BCUT2D eigenvalue weighted by atomic mass is 16.4. The van der Waals surface area contributed by atoms with Gasteiger partial charge in [-0.15, -0.1) is 0 Å². The van der Waals surface area contributed by atoms with Crippen LogP contribution in [0.2, 0.25) is 0 Å². The second-order valence-electron chi connectivity index (χ2n) is 6.28. The monoisotopic (exact) mass is 379 g/mol. The molecule has 3 rings (SSSR count). The van der Waals surface area contributed by atoms with E-state index in [-0.39, 0.29) is 11.3 Å². The number of carbonyl (C=O) groups is 2. The Morgan fingerprint density at radius 2 is 1.75 bits per heavy atom. The number of benzene rings is 2. The lowest BCUT2D eigenvalue weighted by Crippen LogP contribution is -2.25. The van der Waals surface area contributed by atoms with Crippen LogP contribution in [0.4, 0.5) is 5.69 Å². The van der Waals surface area contributed by atoms with Crippen molar-refractivity contribution in [1.29, 1.82) is 0 Å². The molecule has 0 aliphatic heterocycles. The molecule has 8 nitrogen and oxygen atoms in total. The Balaban J connectivity index is 2.03. The van der Waals surface area contributed by atoms with E-state index in [1.807, 2.05) is 13.0 Å². The van der Waals surface area contributed by atoms with E-state index in [4.69, 9.17) is 0 Å². The first-order chi connectivity index (χ1) is 13.3. The Morgan fingerprint density at radius 3 is 2.43 bits per heavy atom. The summed E-state index contributed by atoms with van der Waals surface area (Å²) in [5.74, 6) is -2.65. The molecule has 28 heavy (non-hydrogen) atoms. The van der Waals surface area contributed by atoms with Gasteiger partial charge in [0.15, 0.2) is 11.4 Å². The molecule has 3 aromatic rings. The van der Waals surface area contributed by atoms with Crippen molar-refractivity contribution in [3.05, 3.63) is 81.3 Å². The van der Waals surface area contributed by atoms with Gasteiger partial charge < -0.3 is 15.5 Å². The first kappa shape index (κ1) is 18.8. The molecule has 142 valence electrons. The molecule has 0 fully saturated rings. The van der Waals surface area contributed by atoms with Gasteiger partial charge in [-0.25, -0.2) is 4.79 Å². The fourth-order valence-electron chi connectivity index (χ4n) is 2.68. The second-order valence-corrected chi connectivity index (χ2v) is 6.28. The number of hydrogen-bond acceptors (Lipinski definition) is 5. The van der Waals surface area contributed by atoms with E-state index < -0.39 is 28.9 Å². The van der Waals surface area contributed by atoms with Crippen molar-refractivity contribution in [2.24, 2.45) is 0 Å². The molecule has 0 saturated carbocycles. The normalized spacial score (nSPS) is 10.5. The minimum absolute atomic E-state index is 0.0533. The minimum atomic E-state index is -1.21. The maximum atomic E-state index is 12.6. The van der Waals surface area contributed by atoms with Gasteiger partial charge in [-0.3, -0.25) is 9.59 Å². The maximum Gasteiger partial charge on any atom is 0.337 e. The summed E-state index contributed by atoms with van der Waals surface area (Å²) in [6.45, 7) is 3.57. The minimum Gasteiger partial charge on any atom is -0.505 e. The molecule has 1 aromatic heterocycles. The Kier molecular flexibility index (Phi) is 4.95. The van der Waals surface area contributed by atoms with Crippen LogP contribution < -0.4 is 10.9 Å². The number of aromatic nitrogens is 2. The number of aromatic hydroxyl groups is 1. The summed E-state index contributed by atoms with van der Waals surface area (Å²) in [7, 11) is 0. The molecule has 1 amide bonds. The summed E-state index contributed by atoms with van der Waals surface area (Å²) in [6.07, 6.45) is 0. The van der Waals surface area contributed by atoms with Gasteiger partial charge >= 0.3 is 5.97 Å². The topological polar surface area (TPSA) is 122 Å². The van der Waals surface area contributed by atoms with E-state index in [9.17, 15) is 24.6 Å². The van der Waals surface area contributed by atoms with E-state index >= 15 is 0 Å². The molecule has 8 heteroatoms. The highest BCUT2D eigenvalue weighted by Gasteiger charge is 2.19. The molecule has 1 heterocycles. The van der Waals surface area contributed by atoms with Crippen molar-refractivity contribution in [3.8, 4) is 11.4 Å². The number of carboxylic acids is 1. The number of carbonyl (C=O) groups excluding carboxylic acids is 1. The molecule has 0 aliphatic rings. The van der Waals surface area contributed by atoms with Crippen LogP contribution in [0.5, 0.6) is 5.75 Å². The number of nitrogens with zero attached hydrogens (tertiary/aromatic N) is 2. The molecule has 0 saturated heterocycles. The highest BCUT2D eigenvalue weighted by molar-refractivity contribution is 6.07. The van der Waals surface area contributed by atoms with Crippen LogP contribution in [-0.4, -0.2) is 31.9 Å². The smallest absolute Gasteiger partial charge is 0.337 e. The predicted molar refractivity (Wildman–Crippen MR) is 102 cm³/mol. The average molecular weight is 379 g/mol. The maximum absolute atomic E-state index is 12.6. The molecule has 0 radical (unpaired) electrons. The fraction of sp³-hybridized carbons (Fsp3) is 0.100. The lowest BCUT2D eigenvalue weighted by atomic mass is 10.1. The Labute approximate surface area is 159 Å². The van der Waals surface area contributed by atoms with E-state index in [1.54, 1.807) is 31.2 Å². The number of aromatic carboxylic acids is 1. The van der Waals surface area contributed by atoms with Crippen LogP contribution in [0.1, 0.15) is 32.0 Å². The quantitative estimate of drug-likeness (QED) is 0.640. The zero-order valence-corrected chi connectivity index (χ0v) is 15.1. The van der Waals surface area contributed by atoms with Crippen molar-refractivity contribution < 1.29 is 19.8 Å². The van der Waals surface area contributed by atoms with Crippen molar-refractivity contribution in [3.63, 3.8) is 0 Å². The van der Waals surface area contributed by atoms with Crippen LogP contribution in [0.15, 0.2) is 53.3 Å². The van der Waals surface area contributed by atoms with Gasteiger partial charge in [0.25, 0.3) is 11.5 Å². The lowest BCUT2D eigenvalue weighted by molar-refractivity contribution is 0.0698. The third-order valence-corrected chi connectivity index (χ3v) is 4.03. The van der Waals surface area contributed by atoms with Gasteiger partial charge in [0.05, 0.1) is 16.9 Å². The SMILES string of the molecule is Cc1cccc(-n2nc(C(=O)Nc3ccc(C)cc3C(=O)O)c(O)cc2=O)c1. The van der Waals surface area contributed by atoms with Crippen LogP contribution >= 0.6 is 0 Å². The molecule has 2 aromatic carbocycles. The van der Waals surface area contributed by atoms with E-state index in [2.05, 4.69) is 10.4 Å². The van der Waals surface area contributed by atoms with Crippen LogP contribution in [0.3, 0.4) is 0 Å². The van der Waals surface area contributed by atoms with Gasteiger partial charge in [0.2, 0.25) is 0 Å². The van der Waals surface area contributed by atoms with Crippen molar-refractivity contribution in [2.45, 2.75) is 13.8 Å². The standard InChI is InChI=1S/C20H17N3O5/c1-11-4-3-5-13(8-11)23-17(25)10-16(24)18(22-23)19(26)21-15-7-6-12(2)9-14(15)20(27)28/h3-10,24H,1-2H3,(H,21,26)(H,27,28). The summed E-state index contributed by atoms with van der Waals surface area (Å²) in [6, 6.07) is 12.3. The van der Waals surface area contributed by atoms with Gasteiger partial charge in [0, 0.05) is 6.07 Å². The lowest BCUT2D eigenvalue weighted by Gasteiger charge is -2.11. The number of nitrogens with one attached hydrogen (secondary N) is 1.